The third-order valence-electron chi connectivity index (χ3n) is 3.93. The summed E-state index contributed by atoms with van der Waals surface area (Å²) in [5.74, 6) is 0.159. The van der Waals surface area contributed by atoms with Crippen molar-refractivity contribution in [2.75, 3.05) is 0 Å². The third kappa shape index (κ3) is 3.20. The van der Waals surface area contributed by atoms with Gasteiger partial charge in [-0.1, -0.05) is 19.3 Å². The molecule has 0 saturated heterocycles. The average molecular weight is 238 g/mol. The highest BCUT2D eigenvalue weighted by atomic mass is 16.2. The summed E-state index contributed by atoms with van der Waals surface area (Å²) in [6, 6.07) is -0.0748. The Bertz CT molecular complexity index is 294. The first-order valence-electron chi connectivity index (χ1n) is 6.77. The van der Waals surface area contributed by atoms with Crippen LogP contribution in [0, 0.1) is 5.92 Å². The van der Waals surface area contributed by atoms with Crippen LogP contribution in [0.5, 0.6) is 0 Å². The lowest BCUT2D eigenvalue weighted by Gasteiger charge is -2.26. The van der Waals surface area contributed by atoms with E-state index in [-0.39, 0.29) is 17.7 Å². The molecule has 0 aromatic heterocycles. The maximum absolute atomic E-state index is 11.8. The van der Waals surface area contributed by atoms with Gasteiger partial charge in [0, 0.05) is 12.0 Å². The van der Waals surface area contributed by atoms with Crippen LogP contribution >= 0.6 is 0 Å². The summed E-state index contributed by atoms with van der Waals surface area (Å²) in [6.45, 7) is 1.76. The van der Waals surface area contributed by atoms with Gasteiger partial charge in [0.15, 0.2) is 0 Å². The van der Waals surface area contributed by atoms with E-state index in [1.807, 2.05) is 0 Å². The van der Waals surface area contributed by atoms with Crippen LogP contribution in [-0.2, 0) is 9.59 Å². The second kappa shape index (κ2) is 5.52. The molecule has 4 heteroatoms. The largest absolute Gasteiger partial charge is 0.352 e. The Labute approximate surface area is 103 Å². The molecule has 0 unspecified atom stereocenters. The van der Waals surface area contributed by atoms with Gasteiger partial charge in [0.05, 0.1) is 0 Å². The molecule has 0 aromatic carbocycles. The number of nitrogens with one attached hydrogen (secondary N) is 2. The van der Waals surface area contributed by atoms with Crippen LogP contribution in [0.3, 0.4) is 0 Å². The molecule has 2 amide bonds. The molecule has 0 spiro atoms. The smallest absolute Gasteiger partial charge is 0.242 e. The van der Waals surface area contributed by atoms with Crippen molar-refractivity contribution in [2.45, 2.75) is 64.0 Å². The average Bonchev–Trinajstić information content (AvgIpc) is 2.67. The van der Waals surface area contributed by atoms with Crippen molar-refractivity contribution in [3.63, 3.8) is 0 Å². The maximum Gasteiger partial charge on any atom is 0.242 e. The van der Waals surface area contributed by atoms with Gasteiger partial charge in [0.25, 0.3) is 0 Å². The quantitative estimate of drug-likeness (QED) is 0.776. The van der Waals surface area contributed by atoms with Crippen LogP contribution in [0.25, 0.3) is 0 Å². The Morgan fingerprint density at radius 2 is 1.71 bits per heavy atom. The first-order chi connectivity index (χ1) is 8.16. The molecular formula is C13H22N2O2. The molecule has 0 radical (unpaired) electrons. The Balaban J connectivity index is 1.72. The van der Waals surface area contributed by atoms with Gasteiger partial charge in [-0.3, -0.25) is 9.59 Å². The molecule has 0 bridgehead atoms. The molecule has 0 aromatic rings. The second-order valence-electron chi connectivity index (χ2n) is 5.35. The number of carbonyl (C=O) groups excluding carboxylic acids is 2. The normalized spacial score (nSPS) is 22.9. The molecule has 2 aliphatic rings. The molecule has 2 fully saturated rings. The van der Waals surface area contributed by atoms with Crippen LogP contribution in [0.2, 0.25) is 0 Å². The Morgan fingerprint density at radius 1 is 1.06 bits per heavy atom. The van der Waals surface area contributed by atoms with E-state index in [0.717, 1.165) is 32.1 Å². The van der Waals surface area contributed by atoms with Gasteiger partial charge in [-0.2, -0.15) is 0 Å². The summed E-state index contributed by atoms with van der Waals surface area (Å²) in [6.07, 6.45) is 7.65. The number of hydrogen-bond acceptors (Lipinski definition) is 2. The third-order valence-corrected chi connectivity index (χ3v) is 3.93. The monoisotopic (exact) mass is 238 g/mol. The molecule has 2 aliphatic carbocycles. The van der Waals surface area contributed by atoms with Gasteiger partial charge in [-0.05, 0) is 32.6 Å². The van der Waals surface area contributed by atoms with E-state index in [1.165, 1.54) is 12.8 Å². The van der Waals surface area contributed by atoms with Crippen molar-refractivity contribution in [1.29, 1.82) is 0 Å². The van der Waals surface area contributed by atoms with Crippen molar-refractivity contribution in [3.05, 3.63) is 0 Å². The minimum atomic E-state index is -0.399. The van der Waals surface area contributed by atoms with Crippen molar-refractivity contribution in [1.82, 2.24) is 10.6 Å². The Hall–Kier alpha value is -1.06. The van der Waals surface area contributed by atoms with Crippen molar-refractivity contribution in [2.24, 2.45) is 5.92 Å². The van der Waals surface area contributed by atoms with Crippen molar-refractivity contribution in [3.8, 4) is 0 Å². The second-order valence-corrected chi connectivity index (χ2v) is 5.35. The van der Waals surface area contributed by atoms with E-state index in [4.69, 9.17) is 0 Å². The zero-order valence-electron chi connectivity index (χ0n) is 10.5. The van der Waals surface area contributed by atoms with Crippen LogP contribution in [0.15, 0.2) is 0 Å². The summed E-state index contributed by atoms with van der Waals surface area (Å²) in [7, 11) is 0. The topological polar surface area (TPSA) is 58.2 Å². The van der Waals surface area contributed by atoms with Crippen molar-refractivity contribution < 1.29 is 9.59 Å². The van der Waals surface area contributed by atoms with Gasteiger partial charge in [0.2, 0.25) is 11.8 Å². The van der Waals surface area contributed by atoms with Gasteiger partial charge < -0.3 is 10.6 Å². The number of carbonyl (C=O) groups is 2. The van der Waals surface area contributed by atoms with E-state index in [0.29, 0.717) is 6.04 Å². The zero-order valence-corrected chi connectivity index (χ0v) is 10.5. The Morgan fingerprint density at radius 3 is 2.24 bits per heavy atom. The Kier molecular flexibility index (Phi) is 4.02. The molecule has 96 valence electrons. The minimum absolute atomic E-state index is 0.0374. The summed E-state index contributed by atoms with van der Waals surface area (Å²) >= 11 is 0. The molecule has 2 N–H and O–H groups in total. The maximum atomic E-state index is 11.8. The highest BCUT2D eigenvalue weighted by molar-refractivity contribution is 5.88. The van der Waals surface area contributed by atoms with Crippen LogP contribution in [0.1, 0.15) is 51.9 Å². The molecule has 2 rings (SSSR count). The van der Waals surface area contributed by atoms with E-state index in [1.54, 1.807) is 6.92 Å². The predicted octanol–water partition coefficient (Wildman–Crippen LogP) is 1.35. The minimum Gasteiger partial charge on any atom is -0.352 e. The van der Waals surface area contributed by atoms with Gasteiger partial charge >= 0.3 is 0 Å². The predicted molar refractivity (Wildman–Crippen MR) is 65.3 cm³/mol. The fourth-order valence-electron chi connectivity index (χ4n) is 2.46. The van der Waals surface area contributed by atoms with E-state index in [9.17, 15) is 9.59 Å². The van der Waals surface area contributed by atoms with Gasteiger partial charge in [-0.25, -0.2) is 0 Å². The first kappa shape index (κ1) is 12.4. The molecule has 0 aliphatic heterocycles. The summed E-state index contributed by atoms with van der Waals surface area (Å²) < 4.78 is 0. The zero-order chi connectivity index (χ0) is 12.3. The van der Waals surface area contributed by atoms with Crippen LogP contribution in [-0.4, -0.2) is 23.9 Å². The standard InChI is InChI=1S/C13H22N2O2/c1-9(14-13(17)10-5-4-6-10)12(16)15-11-7-2-3-8-11/h9-11H,2-8H2,1H3,(H,14,17)(H,15,16)/t9-/m0/s1. The molecule has 2 saturated carbocycles. The van der Waals surface area contributed by atoms with Crippen LogP contribution < -0.4 is 10.6 Å². The highest BCUT2D eigenvalue weighted by Gasteiger charge is 2.28. The summed E-state index contributed by atoms with van der Waals surface area (Å²) in [5, 5.41) is 5.81. The van der Waals surface area contributed by atoms with Gasteiger partial charge in [-0.15, -0.1) is 0 Å². The first-order valence-corrected chi connectivity index (χ1v) is 6.77. The molecule has 0 heterocycles. The lowest BCUT2D eigenvalue weighted by atomic mass is 9.84. The van der Waals surface area contributed by atoms with E-state index in [2.05, 4.69) is 10.6 Å². The van der Waals surface area contributed by atoms with Crippen molar-refractivity contribution >= 4 is 11.8 Å². The number of amides is 2. The lowest BCUT2D eigenvalue weighted by molar-refractivity contribution is -0.132. The summed E-state index contributed by atoms with van der Waals surface area (Å²) in [4.78, 5) is 23.5. The molecule has 17 heavy (non-hydrogen) atoms. The highest BCUT2D eigenvalue weighted by Crippen LogP contribution is 2.26. The number of rotatable bonds is 4. The van der Waals surface area contributed by atoms with E-state index >= 15 is 0 Å². The SMILES string of the molecule is C[C@H](NC(=O)C1CCC1)C(=O)NC1CCCC1. The lowest BCUT2D eigenvalue weighted by Crippen LogP contribution is -2.49. The van der Waals surface area contributed by atoms with Crippen LogP contribution in [0.4, 0.5) is 0 Å². The van der Waals surface area contributed by atoms with E-state index < -0.39 is 6.04 Å². The molecular weight excluding hydrogens is 216 g/mol. The van der Waals surface area contributed by atoms with Gasteiger partial charge in [0.1, 0.15) is 6.04 Å². The molecule has 4 nitrogen and oxygen atoms in total. The summed E-state index contributed by atoms with van der Waals surface area (Å²) in [5.41, 5.74) is 0. The fourth-order valence-corrected chi connectivity index (χ4v) is 2.46. The number of hydrogen-bond donors (Lipinski definition) is 2. The fraction of sp³-hybridized carbons (Fsp3) is 0.846. The molecule has 1 atom stereocenters.